The van der Waals surface area contributed by atoms with Gasteiger partial charge < -0.3 is 4.74 Å². The predicted octanol–water partition coefficient (Wildman–Crippen LogP) is 4.26. The van der Waals surface area contributed by atoms with E-state index in [-0.39, 0.29) is 6.10 Å². The number of hydrogen-bond acceptors (Lipinski definition) is 3. The molecule has 3 aromatic rings. The molecular weight excluding hydrogens is 330 g/mol. The molecule has 1 fully saturated rings. The molecule has 2 atom stereocenters. The smallest absolute Gasteiger partial charge is 0.215 e. The second-order valence-corrected chi connectivity index (χ2v) is 6.30. The highest BCUT2D eigenvalue weighted by Crippen LogP contribution is 2.59. The van der Waals surface area contributed by atoms with Crippen molar-refractivity contribution in [1.29, 1.82) is 0 Å². The minimum atomic E-state index is -0.489. The Hall–Kier alpha value is -1.95. The van der Waals surface area contributed by atoms with Crippen LogP contribution in [0.5, 0.6) is 0 Å². The summed E-state index contributed by atoms with van der Waals surface area (Å²) in [5.41, 5.74) is 1.60. The van der Waals surface area contributed by atoms with Crippen molar-refractivity contribution < 1.29 is 4.74 Å². The standard InChI is InChI=1S/C17H14ClN3OS/c18-14-9-5-4-8-13(14)15-17(22-15,12-6-2-1-3-7-12)10-21-16(23)19-11-20-21/h1-9,11,15H,10H2,(H,19,20,23). The second-order valence-electron chi connectivity index (χ2n) is 5.53. The first-order valence-corrected chi connectivity index (χ1v) is 8.07. The van der Waals surface area contributed by atoms with E-state index in [4.69, 9.17) is 28.6 Å². The molecule has 1 saturated heterocycles. The Morgan fingerprint density at radius 2 is 1.91 bits per heavy atom. The van der Waals surface area contributed by atoms with Crippen LogP contribution in [-0.2, 0) is 16.9 Å². The van der Waals surface area contributed by atoms with Crippen LogP contribution >= 0.6 is 23.8 Å². The van der Waals surface area contributed by atoms with E-state index in [1.807, 2.05) is 47.1 Å². The van der Waals surface area contributed by atoms with Gasteiger partial charge in [0, 0.05) is 10.6 Å². The maximum absolute atomic E-state index is 6.36. The molecule has 1 aliphatic rings. The summed E-state index contributed by atoms with van der Waals surface area (Å²) in [5.74, 6) is 0. The third-order valence-corrected chi connectivity index (χ3v) is 4.83. The number of epoxide rings is 1. The zero-order valence-corrected chi connectivity index (χ0v) is 13.7. The third kappa shape index (κ3) is 2.51. The van der Waals surface area contributed by atoms with Crippen LogP contribution in [0.3, 0.4) is 0 Å². The summed E-state index contributed by atoms with van der Waals surface area (Å²) in [5, 5.41) is 3.76. The lowest BCUT2D eigenvalue weighted by atomic mass is 9.91. The van der Waals surface area contributed by atoms with Gasteiger partial charge in [-0.1, -0.05) is 60.1 Å². The minimum Gasteiger partial charge on any atom is -0.354 e. The van der Waals surface area contributed by atoms with E-state index in [0.717, 1.165) is 11.1 Å². The Kier molecular flexibility index (Phi) is 3.56. The molecule has 2 aromatic carbocycles. The first-order valence-electron chi connectivity index (χ1n) is 7.29. The molecule has 2 unspecified atom stereocenters. The summed E-state index contributed by atoms with van der Waals surface area (Å²) in [4.78, 5) is 4.08. The zero-order chi connectivity index (χ0) is 15.9. The lowest BCUT2D eigenvalue weighted by Crippen LogP contribution is -2.20. The minimum absolute atomic E-state index is 0.108. The molecule has 1 aliphatic heterocycles. The molecule has 23 heavy (non-hydrogen) atoms. The number of aromatic amines is 1. The van der Waals surface area contributed by atoms with Crippen molar-refractivity contribution >= 4 is 23.8 Å². The van der Waals surface area contributed by atoms with Gasteiger partial charge in [-0.2, -0.15) is 0 Å². The highest BCUT2D eigenvalue weighted by atomic mass is 35.5. The molecule has 0 amide bonds. The Labute approximate surface area is 143 Å². The van der Waals surface area contributed by atoms with Gasteiger partial charge in [-0.25, -0.2) is 4.98 Å². The average Bonchev–Trinajstić information content (AvgIpc) is 3.16. The largest absolute Gasteiger partial charge is 0.354 e. The van der Waals surface area contributed by atoms with Gasteiger partial charge >= 0.3 is 0 Å². The van der Waals surface area contributed by atoms with Gasteiger partial charge in [-0.3, -0.25) is 9.78 Å². The van der Waals surface area contributed by atoms with Gasteiger partial charge in [-0.15, -0.1) is 0 Å². The maximum Gasteiger partial charge on any atom is 0.215 e. The number of rotatable bonds is 4. The van der Waals surface area contributed by atoms with Crippen molar-refractivity contribution in [1.82, 2.24) is 14.8 Å². The van der Waals surface area contributed by atoms with Crippen LogP contribution in [0.1, 0.15) is 17.2 Å². The van der Waals surface area contributed by atoms with Crippen LogP contribution < -0.4 is 0 Å². The SMILES string of the molecule is S=c1nc[nH]n1CC1(c2ccccc2)OC1c1ccccc1Cl. The topological polar surface area (TPSA) is 46.1 Å². The fraction of sp³-hybridized carbons (Fsp3) is 0.176. The molecule has 1 aromatic heterocycles. The average molecular weight is 344 g/mol. The van der Waals surface area contributed by atoms with Crippen LogP contribution in [-0.4, -0.2) is 14.8 Å². The predicted molar refractivity (Wildman–Crippen MR) is 90.8 cm³/mol. The number of ether oxygens (including phenoxy) is 1. The van der Waals surface area contributed by atoms with Crippen LogP contribution in [0.4, 0.5) is 0 Å². The second kappa shape index (κ2) is 5.60. The lowest BCUT2D eigenvalue weighted by molar-refractivity contribution is 0.261. The molecule has 0 saturated carbocycles. The van der Waals surface area contributed by atoms with Crippen molar-refractivity contribution in [3.8, 4) is 0 Å². The van der Waals surface area contributed by atoms with Crippen molar-refractivity contribution in [2.45, 2.75) is 18.2 Å². The van der Waals surface area contributed by atoms with Crippen molar-refractivity contribution in [3.63, 3.8) is 0 Å². The zero-order valence-electron chi connectivity index (χ0n) is 12.1. The van der Waals surface area contributed by atoms with E-state index in [1.54, 1.807) is 6.33 Å². The Bertz CT molecular complexity index is 892. The fourth-order valence-electron chi connectivity index (χ4n) is 2.96. The van der Waals surface area contributed by atoms with E-state index >= 15 is 0 Å². The molecule has 6 heteroatoms. The lowest BCUT2D eigenvalue weighted by Gasteiger charge is -2.14. The normalized spacial score (nSPS) is 22.9. The fourth-order valence-corrected chi connectivity index (χ4v) is 3.36. The van der Waals surface area contributed by atoms with E-state index < -0.39 is 5.60 Å². The van der Waals surface area contributed by atoms with Crippen molar-refractivity contribution in [2.75, 3.05) is 0 Å². The molecule has 2 heterocycles. The summed E-state index contributed by atoms with van der Waals surface area (Å²) in [6.45, 7) is 0.561. The number of aromatic nitrogens is 3. The number of benzene rings is 2. The molecule has 116 valence electrons. The molecule has 0 radical (unpaired) electrons. The number of halogens is 1. The summed E-state index contributed by atoms with van der Waals surface area (Å²) in [7, 11) is 0. The maximum atomic E-state index is 6.36. The summed E-state index contributed by atoms with van der Waals surface area (Å²) < 4.78 is 8.51. The highest BCUT2D eigenvalue weighted by molar-refractivity contribution is 7.71. The quantitative estimate of drug-likeness (QED) is 0.568. The van der Waals surface area contributed by atoms with Gasteiger partial charge in [0.25, 0.3) is 0 Å². The number of nitrogens with zero attached hydrogens (tertiary/aromatic N) is 2. The molecule has 0 aliphatic carbocycles. The number of nitrogens with one attached hydrogen (secondary N) is 1. The molecule has 0 spiro atoms. The van der Waals surface area contributed by atoms with Gasteiger partial charge in [0.2, 0.25) is 4.77 Å². The Balaban J connectivity index is 1.77. The van der Waals surface area contributed by atoms with E-state index in [9.17, 15) is 0 Å². The highest BCUT2D eigenvalue weighted by Gasteiger charge is 2.59. The first-order chi connectivity index (χ1) is 11.2. The van der Waals surface area contributed by atoms with E-state index in [2.05, 4.69) is 22.2 Å². The van der Waals surface area contributed by atoms with E-state index in [1.165, 1.54) is 0 Å². The first kappa shape index (κ1) is 14.6. The van der Waals surface area contributed by atoms with E-state index in [0.29, 0.717) is 16.3 Å². The summed E-state index contributed by atoms with van der Waals surface area (Å²) >= 11 is 11.6. The molecule has 0 bridgehead atoms. The van der Waals surface area contributed by atoms with Crippen molar-refractivity contribution in [3.05, 3.63) is 81.8 Å². The van der Waals surface area contributed by atoms with Crippen LogP contribution in [0, 0.1) is 4.77 Å². The monoisotopic (exact) mass is 343 g/mol. The molecule has 4 nitrogen and oxygen atoms in total. The summed E-state index contributed by atoms with van der Waals surface area (Å²) in [6, 6.07) is 17.9. The molecule has 1 N–H and O–H groups in total. The Morgan fingerprint density at radius 1 is 1.17 bits per heavy atom. The van der Waals surface area contributed by atoms with Crippen LogP contribution in [0.15, 0.2) is 60.9 Å². The van der Waals surface area contributed by atoms with Gasteiger partial charge in [0.05, 0.1) is 6.54 Å². The molecular formula is C17H14ClN3OS. The van der Waals surface area contributed by atoms with Crippen LogP contribution in [0.2, 0.25) is 5.02 Å². The number of hydrogen-bond donors (Lipinski definition) is 1. The van der Waals surface area contributed by atoms with Crippen LogP contribution in [0.25, 0.3) is 0 Å². The summed E-state index contributed by atoms with van der Waals surface area (Å²) in [6.07, 6.45) is 1.48. The van der Waals surface area contributed by atoms with Gasteiger partial charge in [0.1, 0.15) is 18.0 Å². The number of H-pyrrole nitrogens is 1. The Morgan fingerprint density at radius 3 is 2.61 bits per heavy atom. The molecule has 4 rings (SSSR count). The van der Waals surface area contributed by atoms with Gasteiger partial charge in [-0.05, 0) is 23.8 Å². The van der Waals surface area contributed by atoms with Crippen molar-refractivity contribution in [2.24, 2.45) is 0 Å². The third-order valence-electron chi connectivity index (χ3n) is 4.16. The van der Waals surface area contributed by atoms with Gasteiger partial charge in [0.15, 0.2) is 0 Å².